The minimum Gasteiger partial charge on any atom is -0.394 e. The highest BCUT2D eigenvalue weighted by Gasteiger charge is 2.63. The average molecular weight is 807 g/mol. The number of rotatable bonds is 10. The molecule has 18 heteroatoms. The third-order valence-electron chi connectivity index (χ3n) is 14.6. The van der Waals surface area contributed by atoms with Crippen LogP contribution in [0.15, 0.2) is 12.2 Å². The van der Waals surface area contributed by atoms with E-state index in [1.165, 1.54) is 19.3 Å². The second kappa shape index (κ2) is 17.0. The van der Waals surface area contributed by atoms with Crippen molar-refractivity contribution in [2.45, 2.75) is 119 Å². The van der Waals surface area contributed by atoms with Gasteiger partial charge in [-0.15, -0.1) is 0 Å². The van der Waals surface area contributed by atoms with E-state index in [2.05, 4.69) is 10.3 Å². The van der Waals surface area contributed by atoms with Crippen LogP contribution in [0.3, 0.4) is 0 Å². The maximum absolute atomic E-state index is 14.7. The van der Waals surface area contributed by atoms with Crippen LogP contribution in [-0.4, -0.2) is 154 Å². The number of guanidine groups is 1. The number of aliphatic hydroxyl groups is 5. The normalized spacial score (nSPS) is 45.7. The van der Waals surface area contributed by atoms with Crippen molar-refractivity contribution in [1.29, 1.82) is 0 Å². The van der Waals surface area contributed by atoms with Gasteiger partial charge in [-0.25, -0.2) is 0 Å². The van der Waals surface area contributed by atoms with Gasteiger partial charge in [0, 0.05) is 56.4 Å². The number of hydrogen-bond acceptors (Lipinski definition) is 13. The molecule has 6 fully saturated rings. The predicted molar refractivity (Wildman–Crippen MR) is 198 cm³/mol. The standard InChI is InChI=1S/C39H60N6O12/c1-42-38(41)44-23-5-3-4-18-10-21-31(33(50)29(18)23)34(51)30-22(32(21)49)12-20(55-2)13-24(30)56-37-35(52)36(53)39(54,25(16-46)57-37)14-19(17-8-9-43-26(40)11-17)15-45-27(47)6-7-28(45)48/h6-7,17-26,29-31,33,35-37,43,46,50,52-54H,3-5,8-16,40H2,1-2H3,(H3,41,42,44)/p+2. The number of aliphatic hydroxyl groups excluding tert-OH is 4. The van der Waals surface area contributed by atoms with Crippen LogP contribution in [-0.2, 0) is 33.4 Å². The van der Waals surface area contributed by atoms with Gasteiger partial charge in [-0.3, -0.25) is 45.9 Å². The lowest BCUT2D eigenvalue weighted by Crippen LogP contribution is -2.94. The molecule has 7 rings (SSSR count). The van der Waals surface area contributed by atoms with Gasteiger partial charge < -0.3 is 45.1 Å². The Morgan fingerprint density at radius 2 is 1.75 bits per heavy atom. The minimum absolute atomic E-state index is 0.0153. The Morgan fingerprint density at radius 3 is 2.42 bits per heavy atom. The zero-order valence-electron chi connectivity index (χ0n) is 32.7. The van der Waals surface area contributed by atoms with E-state index in [9.17, 15) is 44.7 Å². The zero-order valence-corrected chi connectivity index (χ0v) is 32.7. The van der Waals surface area contributed by atoms with Crippen LogP contribution in [0.5, 0.6) is 0 Å². The van der Waals surface area contributed by atoms with Gasteiger partial charge in [0.05, 0.1) is 56.4 Å². The molecule has 57 heavy (non-hydrogen) atoms. The number of Topliss-reactive ketones (excluding diaryl/α,β-unsaturated/α-hetero) is 2. The molecule has 4 saturated carbocycles. The number of nitrogens with two attached hydrogens (primary N) is 3. The number of carbonyl (C=O) groups excluding carboxylic acids is 4. The molecular formula is C39H62N6O12+2. The minimum atomic E-state index is -2.27. The van der Waals surface area contributed by atoms with E-state index >= 15 is 0 Å². The van der Waals surface area contributed by atoms with Crippen LogP contribution >= 0.6 is 0 Å². The summed E-state index contributed by atoms with van der Waals surface area (Å²) in [5.74, 6) is -5.61. The number of carbonyl (C=O) groups is 4. The molecular weight excluding hydrogens is 744 g/mol. The number of nitrogens with one attached hydrogen (secondary N) is 2. The molecule has 0 radical (unpaired) electrons. The topological polar surface area (TPSA) is 295 Å². The van der Waals surface area contributed by atoms with Crippen molar-refractivity contribution in [2.24, 2.45) is 58.8 Å². The fraction of sp³-hybridized carbons (Fsp3) is 0.821. The molecule has 0 aromatic rings. The van der Waals surface area contributed by atoms with Gasteiger partial charge in [0.15, 0.2) is 6.29 Å². The summed E-state index contributed by atoms with van der Waals surface area (Å²) in [7, 11) is 3.19. The molecule has 18 unspecified atom stereocenters. The number of fused-ring (bicyclic) bond motifs is 3. The number of amides is 2. The summed E-state index contributed by atoms with van der Waals surface area (Å²) in [5.41, 5.74) is 10.1. The Balaban J connectivity index is 1.12. The molecule has 2 saturated heterocycles. The number of quaternary nitrogens is 1. The number of nitrogens with zero attached hydrogens (tertiary/aromatic N) is 1. The van der Waals surface area contributed by atoms with Gasteiger partial charge in [-0.2, -0.15) is 0 Å². The Labute approximate surface area is 331 Å². The SMILES string of the molecule is C[NH+]=C(N)NC1CCCC2CC3C(=O)C4CC(OC)CC(OC5OC(CO)C(O)(CC(CN6C(=O)C=CC6=O)C6CC[NH2+]C(N)C6)C(O)C5O)C4C(=O)C3C(O)C21. The number of imide groups is 1. The first-order valence-electron chi connectivity index (χ1n) is 20.7. The van der Waals surface area contributed by atoms with Crippen LogP contribution in [0.2, 0.25) is 0 Å². The summed E-state index contributed by atoms with van der Waals surface area (Å²) in [6.07, 6.45) is -3.36. The highest BCUT2D eigenvalue weighted by molar-refractivity contribution is 6.12. The lowest BCUT2D eigenvalue weighted by Gasteiger charge is -2.55. The number of hydrogen-bond donors (Lipinski definition) is 10. The van der Waals surface area contributed by atoms with E-state index in [4.69, 9.17) is 25.7 Å². The smallest absolute Gasteiger partial charge is 0.341 e. The van der Waals surface area contributed by atoms with Crippen molar-refractivity contribution in [3.8, 4) is 0 Å². The molecule has 13 N–H and O–H groups in total. The molecule has 3 aliphatic heterocycles. The summed E-state index contributed by atoms with van der Waals surface area (Å²) < 4.78 is 18.2. The molecule has 18 nitrogen and oxygen atoms in total. The zero-order chi connectivity index (χ0) is 40.9. The molecule has 0 bridgehead atoms. The number of ketones is 2. The number of ether oxygens (including phenoxy) is 3. The highest BCUT2D eigenvalue weighted by atomic mass is 16.7. The maximum atomic E-state index is 14.7. The fourth-order valence-electron chi connectivity index (χ4n) is 11.7. The quantitative estimate of drug-likeness (QED) is 0.0559. The first-order valence-corrected chi connectivity index (χ1v) is 20.7. The summed E-state index contributed by atoms with van der Waals surface area (Å²) in [4.78, 5) is 58.3. The molecule has 318 valence electrons. The van der Waals surface area contributed by atoms with E-state index in [0.717, 1.165) is 24.2 Å². The van der Waals surface area contributed by atoms with E-state index in [-0.39, 0.29) is 67.3 Å². The van der Waals surface area contributed by atoms with Gasteiger partial charge in [-0.1, -0.05) is 0 Å². The van der Waals surface area contributed by atoms with E-state index in [1.54, 1.807) is 7.05 Å². The first kappa shape index (κ1) is 42.2. The number of piperidine rings is 1. The van der Waals surface area contributed by atoms with E-state index in [1.807, 2.05) is 5.32 Å². The third-order valence-corrected chi connectivity index (χ3v) is 14.6. The van der Waals surface area contributed by atoms with Crippen LogP contribution in [0, 0.1) is 47.3 Å². The van der Waals surface area contributed by atoms with Gasteiger partial charge in [-0.05, 0) is 62.7 Å². The van der Waals surface area contributed by atoms with Gasteiger partial charge in [0.25, 0.3) is 11.8 Å². The van der Waals surface area contributed by atoms with Crippen LogP contribution in [0.4, 0.5) is 0 Å². The first-order chi connectivity index (χ1) is 27.2. The van der Waals surface area contributed by atoms with Crippen molar-refractivity contribution in [3.05, 3.63) is 12.2 Å². The summed E-state index contributed by atoms with van der Waals surface area (Å²) in [6, 6.07) is -0.203. The van der Waals surface area contributed by atoms with E-state index < -0.39 is 96.5 Å². The van der Waals surface area contributed by atoms with Crippen molar-refractivity contribution in [1.82, 2.24) is 10.2 Å². The largest absolute Gasteiger partial charge is 0.394 e. The molecule has 0 aromatic heterocycles. The summed E-state index contributed by atoms with van der Waals surface area (Å²) in [5, 5.41) is 63.4. The monoisotopic (exact) mass is 806 g/mol. The molecule has 0 aromatic carbocycles. The molecule has 0 spiro atoms. The summed E-state index contributed by atoms with van der Waals surface area (Å²) >= 11 is 0. The van der Waals surface area contributed by atoms with Crippen LogP contribution in [0.25, 0.3) is 0 Å². The molecule has 4 aliphatic carbocycles. The average Bonchev–Trinajstić information content (AvgIpc) is 3.51. The Hall–Kier alpha value is -2.91. The van der Waals surface area contributed by atoms with Crippen molar-refractivity contribution in [2.75, 3.05) is 33.9 Å². The van der Waals surface area contributed by atoms with Crippen molar-refractivity contribution in [3.63, 3.8) is 0 Å². The van der Waals surface area contributed by atoms with Gasteiger partial charge in [0.1, 0.15) is 41.6 Å². The highest BCUT2D eigenvalue weighted by Crippen LogP contribution is 2.53. The summed E-state index contributed by atoms with van der Waals surface area (Å²) in [6.45, 7) is -0.222. The molecule has 18 atom stereocenters. The maximum Gasteiger partial charge on any atom is 0.341 e. The van der Waals surface area contributed by atoms with E-state index in [0.29, 0.717) is 31.8 Å². The second-order valence-electron chi connectivity index (χ2n) is 17.6. The van der Waals surface area contributed by atoms with Crippen LogP contribution < -0.4 is 27.1 Å². The van der Waals surface area contributed by atoms with Gasteiger partial charge >= 0.3 is 5.96 Å². The Kier molecular flexibility index (Phi) is 12.6. The Bertz CT molecular complexity index is 1580. The molecule has 3 heterocycles. The molecule has 2 amide bonds. The van der Waals surface area contributed by atoms with Crippen molar-refractivity contribution >= 4 is 29.3 Å². The van der Waals surface area contributed by atoms with Crippen molar-refractivity contribution < 1.29 is 69.2 Å². The Morgan fingerprint density at radius 1 is 1.04 bits per heavy atom. The number of methoxy groups -OCH3 is 1. The second-order valence-corrected chi connectivity index (χ2v) is 17.6. The predicted octanol–water partition coefficient (Wildman–Crippen LogP) is -5.68. The van der Waals surface area contributed by atoms with Gasteiger partial charge in [0.2, 0.25) is 0 Å². The van der Waals surface area contributed by atoms with Crippen LogP contribution in [0.1, 0.15) is 57.8 Å². The lowest BCUT2D eigenvalue weighted by molar-refractivity contribution is -0.699. The third kappa shape index (κ3) is 7.82. The fourth-order valence-corrected chi connectivity index (χ4v) is 11.7. The molecule has 7 aliphatic rings. The lowest BCUT2D eigenvalue weighted by atomic mass is 9.51.